The fraction of sp³-hybridized carbons (Fsp3) is 0.600. The molecule has 0 radical (unpaired) electrons. The summed E-state index contributed by atoms with van der Waals surface area (Å²) in [6, 6.07) is 9.85. The average molecular weight is 488 g/mol. The largest absolute Gasteiger partial charge is 0.444 e. The highest BCUT2D eigenvalue weighted by Gasteiger charge is 2.21. The van der Waals surface area contributed by atoms with Crippen LogP contribution in [0.2, 0.25) is 0 Å². The summed E-state index contributed by atoms with van der Waals surface area (Å²) >= 11 is 0. The molecule has 1 aliphatic rings. The molecule has 152 valence electrons. The highest BCUT2D eigenvalue weighted by molar-refractivity contribution is 14.0. The maximum atomic E-state index is 12.2. The molecule has 1 saturated carbocycles. The first kappa shape index (κ1) is 23.5. The van der Waals surface area contributed by atoms with E-state index < -0.39 is 11.7 Å². The third-order valence-corrected chi connectivity index (χ3v) is 4.29. The van der Waals surface area contributed by atoms with Crippen molar-refractivity contribution in [2.24, 2.45) is 10.7 Å². The lowest BCUT2D eigenvalue weighted by Crippen LogP contribution is -2.42. The molecule has 0 aromatic heterocycles. The van der Waals surface area contributed by atoms with Crippen molar-refractivity contribution in [3.05, 3.63) is 35.9 Å². The zero-order chi connectivity index (χ0) is 19.0. The predicted octanol–water partition coefficient (Wildman–Crippen LogP) is 4.11. The van der Waals surface area contributed by atoms with Crippen LogP contribution in [0.4, 0.5) is 4.79 Å². The van der Waals surface area contributed by atoms with E-state index in [4.69, 9.17) is 10.5 Å². The van der Waals surface area contributed by atoms with Gasteiger partial charge >= 0.3 is 6.09 Å². The molecule has 0 spiro atoms. The summed E-state index contributed by atoms with van der Waals surface area (Å²) in [5, 5.41) is 6.20. The number of ether oxygens (including phenoxy) is 1. The van der Waals surface area contributed by atoms with Crippen LogP contribution in [0.25, 0.3) is 0 Å². The van der Waals surface area contributed by atoms with E-state index in [1.54, 1.807) is 0 Å². The van der Waals surface area contributed by atoms with Crippen LogP contribution in [-0.4, -0.2) is 30.2 Å². The Bertz CT molecular complexity index is 596. The molecule has 0 aliphatic heterocycles. The van der Waals surface area contributed by atoms with Gasteiger partial charge in [0, 0.05) is 6.04 Å². The second kappa shape index (κ2) is 11.4. The second-order valence-corrected chi connectivity index (χ2v) is 7.81. The molecular weight excluding hydrogens is 455 g/mol. The van der Waals surface area contributed by atoms with E-state index >= 15 is 0 Å². The van der Waals surface area contributed by atoms with Gasteiger partial charge in [-0.25, -0.2) is 4.79 Å². The summed E-state index contributed by atoms with van der Waals surface area (Å²) in [6.07, 6.45) is 5.57. The fourth-order valence-corrected chi connectivity index (χ4v) is 3.06. The minimum Gasteiger partial charge on any atom is -0.444 e. The highest BCUT2D eigenvalue weighted by atomic mass is 127. The lowest BCUT2D eigenvalue weighted by atomic mass is 9.96. The van der Waals surface area contributed by atoms with Gasteiger partial charge in [-0.05, 0) is 39.2 Å². The molecule has 1 atom stereocenters. The molecule has 0 saturated heterocycles. The summed E-state index contributed by atoms with van der Waals surface area (Å²) in [5.41, 5.74) is 6.48. The molecule has 1 aliphatic carbocycles. The molecule has 0 bridgehead atoms. The molecular formula is C20H33IN4O2. The van der Waals surface area contributed by atoms with E-state index in [2.05, 4.69) is 15.6 Å². The Morgan fingerprint density at radius 2 is 1.85 bits per heavy atom. The van der Waals surface area contributed by atoms with Gasteiger partial charge in [-0.2, -0.15) is 0 Å². The van der Waals surface area contributed by atoms with E-state index in [0.29, 0.717) is 18.5 Å². The highest BCUT2D eigenvalue weighted by Crippen LogP contribution is 2.18. The van der Waals surface area contributed by atoms with E-state index in [1.807, 2.05) is 51.1 Å². The topological polar surface area (TPSA) is 88.7 Å². The Morgan fingerprint density at radius 1 is 1.22 bits per heavy atom. The molecule has 1 aromatic carbocycles. The van der Waals surface area contributed by atoms with Crippen molar-refractivity contribution in [2.45, 2.75) is 70.6 Å². The van der Waals surface area contributed by atoms with Crippen LogP contribution >= 0.6 is 24.0 Å². The Kier molecular flexibility index (Phi) is 9.90. The normalized spacial score (nSPS) is 16.8. The first-order chi connectivity index (χ1) is 12.3. The number of amides is 1. The molecule has 1 aromatic rings. The van der Waals surface area contributed by atoms with Gasteiger partial charge < -0.3 is 21.1 Å². The van der Waals surface area contributed by atoms with Gasteiger partial charge in [-0.1, -0.05) is 49.6 Å². The number of nitrogens with one attached hydrogen (secondary N) is 2. The van der Waals surface area contributed by atoms with Gasteiger partial charge in [-0.15, -0.1) is 24.0 Å². The number of rotatable bonds is 5. The van der Waals surface area contributed by atoms with Crippen molar-refractivity contribution in [1.82, 2.24) is 10.6 Å². The van der Waals surface area contributed by atoms with Crippen LogP contribution in [0, 0.1) is 0 Å². The molecule has 1 fully saturated rings. The molecule has 4 N–H and O–H groups in total. The quantitative estimate of drug-likeness (QED) is 0.331. The molecule has 1 amide bonds. The number of nitrogens with two attached hydrogens (primary N) is 1. The standard InChI is InChI=1S/C20H32N4O2.HI/c1-20(2,3)26-19(25)24-17(15-10-6-4-7-11-15)14-22-18(21)23-16-12-8-5-9-13-16;/h4,6-7,10-11,16-17H,5,8-9,12-14H2,1-3H3,(H,24,25)(H3,21,22,23);1H. The van der Waals surface area contributed by atoms with Crippen molar-refractivity contribution < 1.29 is 9.53 Å². The number of guanidine groups is 1. The van der Waals surface area contributed by atoms with Crippen LogP contribution in [-0.2, 0) is 4.74 Å². The number of alkyl carbamates (subject to hydrolysis) is 1. The zero-order valence-electron chi connectivity index (χ0n) is 16.5. The minimum absolute atomic E-state index is 0. The summed E-state index contributed by atoms with van der Waals surface area (Å²) in [6.45, 7) is 5.88. The van der Waals surface area contributed by atoms with E-state index in [-0.39, 0.29) is 30.0 Å². The van der Waals surface area contributed by atoms with Gasteiger partial charge in [0.1, 0.15) is 5.60 Å². The van der Waals surface area contributed by atoms with Crippen LogP contribution < -0.4 is 16.4 Å². The Balaban J connectivity index is 0.00000364. The second-order valence-electron chi connectivity index (χ2n) is 7.81. The Hall–Kier alpha value is -1.51. The Morgan fingerprint density at radius 3 is 2.44 bits per heavy atom. The monoisotopic (exact) mass is 488 g/mol. The smallest absolute Gasteiger partial charge is 0.408 e. The number of aliphatic imine (C=N–C) groups is 1. The van der Waals surface area contributed by atoms with Crippen LogP contribution in [0.3, 0.4) is 0 Å². The van der Waals surface area contributed by atoms with Crippen molar-refractivity contribution in [3.8, 4) is 0 Å². The molecule has 1 unspecified atom stereocenters. The molecule has 2 rings (SSSR count). The van der Waals surface area contributed by atoms with Gasteiger partial charge in [-0.3, -0.25) is 4.99 Å². The lowest BCUT2D eigenvalue weighted by molar-refractivity contribution is 0.0505. The molecule has 27 heavy (non-hydrogen) atoms. The van der Waals surface area contributed by atoms with Crippen molar-refractivity contribution in [3.63, 3.8) is 0 Å². The third-order valence-electron chi connectivity index (χ3n) is 4.29. The van der Waals surface area contributed by atoms with E-state index in [9.17, 15) is 4.79 Å². The van der Waals surface area contributed by atoms with Gasteiger partial charge in [0.2, 0.25) is 0 Å². The minimum atomic E-state index is -0.545. The van der Waals surface area contributed by atoms with Crippen molar-refractivity contribution in [2.75, 3.05) is 6.54 Å². The Labute approximate surface area is 179 Å². The molecule has 7 heteroatoms. The van der Waals surface area contributed by atoms with Gasteiger partial charge in [0.05, 0.1) is 12.6 Å². The van der Waals surface area contributed by atoms with Crippen LogP contribution in [0.1, 0.15) is 64.5 Å². The maximum Gasteiger partial charge on any atom is 0.408 e. The molecule has 0 heterocycles. The van der Waals surface area contributed by atoms with Gasteiger partial charge in [0.25, 0.3) is 0 Å². The maximum absolute atomic E-state index is 12.2. The number of hydrogen-bond donors (Lipinski definition) is 3. The SMILES string of the molecule is CC(C)(C)OC(=O)NC(CN=C(N)NC1CCCCC1)c1ccccc1.I. The van der Waals surface area contributed by atoms with Crippen LogP contribution in [0.15, 0.2) is 35.3 Å². The van der Waals surface area contributed by atoms with Crippen molar-refractivity contribution >= 4 is 36.0 Å². The average Bonchev–Trinajstić information content (AvgIpc) is 2.58. The summed E-state index contributed by atoms with van der Waals surface area (Å²) in [7, 11) is 0. The summed E-state index contributed by atoms with van der Waals surface area (Å²) < 4.78 is 5.37. The number of halogens is 1. The lowest BCUT2D eigenvalue weighted by Gasteiger charge is -2.24. The number of carbonyl (C=O) groups is 1. The number of hydrogen-bond acceptors (Lipinski definition) is 3. The van der Waals surface area contributed by atoms with Crippen molar-refractivity contribution in [1.29, 1.82) is 0 Å². The molecule has 6 nitrogen and oxygen atoms in total. The fourth-order valence-electron chi connectivity index (χ4n) is 3.06. The van der Waals surface area contributed by atoms with Gasteiger partial charge in [0.15, 0.2) is 5.96 Å². The number of carbonyl (C=O) groups excluding carboxylic acids is 1. The number of nitrogens with zero attached hydrogens (tertiary/aromatic N) is 1. The summed E-state index contributed by atoms with van der Waals surface area (Å²) in [5.74, 6) is 0.434. The number of benzene rings is 1. The predicted molar refractivity (Wildman–Crippen MR) is 120 cm³/mol. The van der Waals surface area contributed by atoms with Crippen LogP contribution in [0.5, 0.6) is 0 Å². The third kappa shape index (κ3) is 9.30. The summed E-state index contributed by atoms with van der Waals surface area (Å²) in [4.78, 5) is 16.6. The van der Waals surface area contributed by atoms with E-state index in [0.717, 1.165) is 18.4 Å². The van der Waals surface area contributed by atoms with E-state index in [1.165, 1.54) is 19.3 Å². The first-order valence-electron chi connectivity index (χ1n) is 9.44. The first-order valence-corrected chi connectivity index (χ1v) is 9.44. The zero-order valence-corrected chi connectivity index (χ0v) is 18.9.